The van der Waals surface area contributed by atoms with E-state index in [0.29, 0.717) is 22.3 Å². The number of methoxy groups -OCH3 is 4. The van der Waals surface area contributed by atoms with E-state index in [1.807, 2.05) is 0 Å². The first-order valence-corrected chi connectivity index (χ1v) is 8.00. The van der Waals surface area contributed by atoms with E-state index in [-0.39, 0.29) is 17.7 Å². The number of hydrogen-bond donors (Lipinski definition) is 0. The van der Waals surface area contributed by atoms with E-state index in [2.05, 4.69) is 0 Å². The monoisotopic (exact) mass is 372 g/mol. The number of para-hydroxylation sites is 1. The smallest absolute Gasteiger partial charge is 0.341 e. The quantitative estimate of drug-likeness (QED) is 0.569. The minimum absolute atomic E-state index is 0.0150. The number of hydrogen-bond acceptors (Lipinski definition) is 7. The van der Waals surface area contributed by atoms with Gasteiger partial charge in [0.25, 0.3) is 0 Å². The molecule has 2 aromatic carbocycles. The topological polar surface area (TPSA) is 88.1 Å². The van der Waals surface area contributed by atoms with Crippen molar-refractivity contribution in [1.82, 2.24) is 0 Å². The zero-order valence-corrected chi connectivity index (χ0v) is 15.5. The zero-order valence-electron chi connectivity index (χ0n) is 15.5. The van der Waals surface area contributed by atoms with Crippen LogP contribution in [0.15, 0.2) is 36.4 Å². The van der Waals surface area contributed by atoms with Crippen molar-refractivity contribution < 1.29 is 33.3 Å². The number of carbonyl (C=O) groups is 3. The van der Waals surface area contributed by atoms with Crippen molar-refractivity contribution in [2.24, 2.45) is 0 Å². The molecule has 142 valence electrons. The van der Waals surface area contributed by atoms with Gasteiger partial charge in [-0.1, -0.05) is 18.2 Å². The van der Waals surface area contributed by atoms with Gasteiger partial charge in [0.15, 0.2) is 0 Å². The molecule has 0 atom stereocenters. The van der Waals surface area contributed by atoms with Crippen LogP contribution in [0.2, 0.25) is 0 Å². The molecule has 2 aromatic rings. The van der Waals surface area contributed by atoms with E-state index in [1.165, 1.54) is 28.4 Å². The van der Waals surface area contributed by atoms with Gasteiger partial charge in [0, 0.05) is 5.56 Å². The van der Waals surface area contributed by atoms with Crippen LogP contribution in [0.3, 0.4) is 0 Å². The highest BCUT2D eigenvalue weighted by atomic mass is 16.5. The van der Waals surface area contributed by atoms with Gasteiger partial charge in [0.05, 0.1) is 40.4 Å². The Hall–Kier alpha value is -3.35. The molecule has 27 heavy (non-hydrogen) atoms. The maximum Gasteiger partial charge on any atom is 0.341 e. The molecule has 0 unspecified atom stereocenters. The Morgan fingerprint density at radius 3 is 2.11 bits per heavy atom. The van der Waals surface area contributed by atoms with Crippen LogP contribution < -0.4 is 4.74 Å². The predicted molar refractivity (Wildman–Crippen MR) is 96.8 cm³/mol. The second kappa shape index (κ2) is 8.84. The Labute approximate surface area is 156 Å². The molecule has 0 saturated carbocycles. The molecule has 0 N–H and O–H groups in total. The number of rotatable bonds is 6. The summed E-state index contributed by atoms with van der Waals surface area (Å²) in [7, 11) is 5.27. The van der Waals surface area contributed by atoms with Gasteiger partial charge < -0.3 is 18.9 Å². The third kappa shape index (κ3) is 4.25. The lowest BCUT2D eigenvalue weighted by atomic mass is 9.93. The van der Waals surface area contributed by atoms with Crippen LogP contribution in [0.5, 0.6) is 5.75 Å². The molecule has 0 aliphatic carbocycles. The van der Waals surface area contributed by atoms with E-state index in [1.54, 1.807) is 36.4 Å². The Kier molecular flexibility index (Phi) is 6.54. The molecule has 0 saturated heterocycles. The van der Waals surface area contributed by atoms with Crippen LogP contribution in [0.25, 0.3) is 11.1 Å². The largest absolute Gasteiger partial charge is 0.495 e. The summed E-state index contributed by atoms with van der Waals surface area (Å²) >= 11 is 0. The summed E-state index contributed by atoms with van der Waals surface area (Å²) in [4.78, 5) is 35.8. The maximum atomic E-state index is 12.1. The lowest BCUT2D eigenvalue weighted by Crippen LogP contribution is -2.09. The summed E-state index contributed by atoms with van der Waals surface area (Å²) in [5.74, 6) is -1.25. The second-order valence-corrected chi connectivity index (χ2v) is 5.49. The minimum Gasteiger partial charge on any atom is -0.495 e. The van der Waals surface area contributed by atoms with Gasteiger partial charge in [0.2, 0.25) is 0 Å². The van der Waals surface area contributed by atoms with Crippen LogP contribution in [0, 0.1) is 0 Å². The fourth-order valence-corrected chi connectivity index (χ4v) is 2.69. The molecule has 0 bridgehead atoms. The first-order chi connectivity index (χ1) is 13.0. The van der Waals surface area contributed by atoms with Crippen molar-refractivity contribution in [3.05, 3.63) is 53.1 Å². The second-order valence-electron chi connectivity index (χ2n) is 5.49. The van der Waals surface area contributed by atoms with Gasteiger partial charge in [-0.15, -0.1) is 0 Å². The van der Waals surface area contributed by atoms with Crippen LogP contribution in [0.4, 0.5) is 0 Å². The van der Waals surface area contributed by atoms with E-state index in [9.17, 15) is 14.4 Å². The van der Waals surface area contributed by atoms with Crippen molar-refractivity contribution in [3.63, 3.8) is 0 Å². The third-order valence-electron chi connectivity index (χ3n) is 4.01. The van der Waals surface area contributed by atoms with E-state index < -0.39 is 17.9 Å². The Morgan fingerprint density at radius 1 is 0.815 bits per heavy atom. The summed E-state index contributed by atoms with van der Waals surface area (Å²) in [6.45, 7) is 0. The first kappa shape index (κ1) is 20.0. The molecule has 0 heterocycles. The summed E-state index contributed by atoms with van der Waals surface area (Å²) in [6, 6.07) is 9.74. The molecule has 0 aromatic heterocycles. The SMILES string of the molecule is COC(=O)Cc1ccc(C(=O)OC)cc1-c1cccc(C(=O)OC)c1OC. The van der Waals surface area contributed by atoms with Gasteiger partial charge in [0.1, 0.15) is 11.3 Å². The number of benzene rings is 2. The van der Waals surface area contributed by atoms with Crippen LogP contribution >= 0.6 is 0 Å². The molecule has 0 amide bonds. The number of carbonyl (C=O) groups excluding carboxylic acids is 3. The standard InChI is InChI=1S/C20H20O7/c1-24-17(21)11-12-8-9-13(19(22)26-3)10-16(12)14-6-5-7-15(18(14)25-2)20(23)27-4/h5-10H,11H2,1-4H3. The molecular formula is C20H20O7. The van der Waals surface area contributed by atoms with Gasteiger partial charge in [-0.25, -0.2) is 9.59 Å². The molecule has 7 nitrogen and oxygen atoms in total. The van der Waals surface area contributed by atoms with Crippen LogP contribution in [-0.2, 0) is 25.4 Å². The maximum absolute atomic E-state index is 12.1. The molecule has 0 fully saturated rings. The highest BCUT2D eigenvalue weighted by molar-refractivity contribution is 5.97. The predicted octanol–water partition coefficient (Wildman–Crippen LogP) is 2.65. The number of esters is 3. The van der Waals surface area contributed by atoms with E-state index in [0.717, 1.165) is 0 Å². The zero-order chi connectivity index (χ0) is 20.0. The first-order valence-electron chi connectivity index (χ1n) is 8.00. The van der Waals surface area contributed by atoms with Crippen molar-refractivity contribution in [2.45, 2.75) is 6.42 Å². The van der Waals surface area contributed by atoms with Crippen molar-refractivity contribution in [2.75, 3.05) is 28.4 Å². The fraction of sp³-hybridized carbons (Fsp3) is 0.250. The van der Waals surface area contributed by atoms with Crippen molar-refractivity contribution >= 4 is 17.9 Å². The van der Waals surface area contributed by atoms with Gasteiger partial charge in [-0.2, -0.15) is 0 Å². The molecule has 2 rings (SSSR count). The van der Waals surface area contributed by atoms with E-state index >= 15 is 0 Å². The van der Waals surface area contributed by atoms with Crippen molar-refractivity contribution in [3.8, 4) is 16.9 Å². The molecule has 0 radical (unpaired) electrons. The molecule has 0 spiro atoms. The van der Waals surface area contributed by atoms with E-state index in [4.69, 9.17) is 18.9 Å². The van der Waals surface area contributed by atoms with Gasteiger partial charge >= 0.3 is 17.9 Å². The summed E-state index contributed by atoms with van der Waals surface area (Å²) in [5.41, 5.74) is 2.21. The molecule has 0 aliphatic heterocycles. The average Bonchev–Trinajstić information content (AvgIpc) is 2.71. The summed E-state index contributed by atoms with van der Waals surface area (Å²) in [5, 5.41) is 0. The van der Waals surface area contributed by atoms with Crippen LogP contribution in [-0.4, -0.2) is 46.3 Å². The minimum atomic E-state index is -0.563. The Bertz CT molecular complexity index is 871. The molecular weight excluding hydrogens is 352 g/mol. The fourth-order valence-electron chi connectivity index (χ4n) is 2.69. The highest BCUT2D eigenvalue weighted by Gasteiger charge is 2.21. The average molecular weight is 372 g/mol. The van der Waals surface area contributed by atoms with Crippen LogP contribution in [0.1, 0.15) is 26.3 Å². The Morgan fingerprint density at radius 2 is 1.52 bits per heavy atom. The van der Waals surface area contributed by atoms with Gasteiger partial charge in [-0.05, 0) is 29.3 Å². The number of ether oxygens (including phenoxy) is 4. The third-order valence-corrected chi connectivity index (χ3v) is 4.01. The normalized spacial score (nSPS) is 10.1. The Balaban J connectivity index is 2.72. The molecule has 0 aliphatic rings. The molecule has 7 heteroatoms. The highest BCUT2D eigenvalue weighted by Crippen LogP contribution is 2.36. The lowest BCUT2D eigenvalue weighted by Gasteiger charge is -2.16. The summed E-state index contributed by atoms with van der Waals surface area (Å²) < 4.78 is 19.7. The van der Waals surface area contributed by atoms with Gasteiger partial charge in [-0.3, -0.25) is 4.79 Å². The van der Waals surface area contributed by atoms with Crippen molar-refractivity contribution in [1.29, 1.82) is 0 Å². The summed E-state index contributed by atoms with van der Waals surface area (Å²) in [6.07, 6.45) is -0.0150. The lowest BCUT2D eigenvalue weighted by molar-refractivity contribution is -0.139.